The number of aryl methyl sites for hydroxylation is 1. The van der Waals surface area contributed by atoms with Gasteiger partial charge in [-0.25, -0.2) is 0 Å². The summed E-state index contributed by atoms with van der Waals surface area (Å²) in [4.78, 5) is 46.9. The predicted octanol–water partition coefficient (Wildman–Crippen LogP) is 2.32. The fraction of sp³-hybridized carbons (Fsp3) is 0.519. The molecule has 4 heterocycles. The SMILES string of the molecule is CCCN1CC=C[C@@H]2O[C@]34C=CCN(c5c(C)cccc5Cl)C(=O)C3N([C@H](C)CO)C(=O)[C@@H]4[C@@H]2C1=O. The van der Waals surface area contributed by atoms with Crippen LogP contribution >= 0.6 is 11.6 Å². The first-order valence-electron chi connectivity index (χ1n) is 12.6. The molecule has 4 aliphatic rings. The number of likely N-dealkylation sites (tertiary alicyclic amines) is 1. The third kappa shape index (κ3) is 3.53. The van der Waals surface area contributed by atoms with Crippen LogP contribution in [0.25, 0.3) is 0 Å². The van der Waals surface area contributed by atoms with E-state index in [2.05, 4.69) is 0 Å². The molecule has 1 aromatic rings. The van der Waals surface area contributed by atoms with E-state index in [0.29, 0.717) is 23.8 Å². The number of benzene rings is 1. The largest absolute Gasteiger partial charge is 0.394 e. The Labute approximate surface area is 216 Å². The zero-order valence-electron chi connectivity index (χ0n) is 20.8. The molecule has 1 unspecified atom stereocenters. The molecule has 0 bridgehead atoms. The lowest BCUT2D eigenvalue weighted by molar-refractivity contribution is -0.146. The van der Waals surface area contributed by atoms with Crippen LogP contribution in [-0.4, -0.2) is 82.7 Å². The number of rotatable bonds is 5. The Hall–Kier alpha value is -2.68. The molecule has 6 atom stereocenters. The van der Waals surface area contributed by atoms with Crippen LogP contribution in [0.2, 0.25) is 5.02 Å². The highest BCUT2D eigenvalue weighted by molar-refractivity contribution is 6.34. The number of hydrogen-bond acceptors (Lipinski definition) is 5. The van der Waals surface area contributed by atoms with Gasteiger partial charge in [0.25, 0.3) is 5.91 Å². The van der Waals surface area contributed by atoms with E-state index in [-0.39, 0.29) is 30.9 Å². The molecule has 3 amide bonds. The third-order valence-corrected chi connectivity index (χ3v) is 8.18. The van der Waals surface area contributed by atoms with Gasteiger partial charge >= 0.3 is 0 Å². The Balaban J connectivity index is 1.64. The second-order valence-corrected chi connectivity index (χ2v) is 10.5. The summed E-state index contributed by atoms with van der Waals surface area (Å²) >= 11 is 6.54. The van der Waals surface area contributed by atoms with E-state index in [1.807, 2.05) is 44.2 Å². The number of amides is 3. The summed E-state index contributed by atoms with van der Waals surface area (Å²) in [5, 5.41) is 10.5. The Morgan fingerprint density at radius 1 is 1.17 bits per heavy atom. The van der Waals surface area contributed by atoms with Crippen molar-refractivity contribution in [2.24, 2.45) is 11.8 Å². The van der Waals surface area contributed by atoms with Gasteiger partial charge in [-0.3, -0.25) is 14.4 Å². The van der Waals surface area contributed by atoms with Gasteiger partial charge in [0.2, 0.25) is 11.8 Å². The Bertz CT molecular complexity index is 1130. The Morgan fingerprint density at radius 2 is 1.94 bits per heavy atom. The number of nitrogens with zero attached hydrogens (tertiary/aromatic N) is 3. The van der Waals surface area contributed by atoms with Crippen LogP contribution in [0, 0.1) is 18.8 Å². The van der Waals surface area contributed by atoms with Gasteiger partial charge in [0.15, 0.2) is 0 Å². The Morgan fingerprint density at radius 3 is 2.64 bits per heavy atom. The fourth-order valence-corrected chi connectivity index (χ4v) is 6.65. The van der Waals surface area contributed by atoms with Crippen molar-refractivity contribution in [2.45, 2.75) is 51.0 Å². The maximum absolute atomic E-state index is 14.3. The van der Waals surface area contributed by atoms with Crippen molar-refractivity contribution in [3.05, 3.63) is 53.1 Å². The highest BCUT2D eigenvalue weighted by Crippen LogP contribution is 2.54. The molecule has 192 valence electrons. The smallest absolute Gasteiger partial charge is 0.253 e. The molecular formula is C27H32ClN3O5. The maximum Gasteiger partial charge on any atom is 0.253 e. The molecule has 5 rings (SSSR count). The minimum absolute atomic E-state index is 0.136. The summed E-state index contributed by atoms with van der Waals surface area (Å²) < 4.78 is 6.60. The monoisotopic (exact) mass is 513 g/mol. The molecule has 9 heteroatoms. The summed E-state index contributed by atoms with van der Waals surface area (Å²) in [6.07, 6.45) is 7.57. The first-order chi connectivity index (χ1) is 17.3. The second-order valence-electron chi connectivity index (χ2n) is 10.1. The molecular weight excluding hydrogens is 482 g/mol. The number of para-hydroxylation sites is 1. The lowest BCUT2D eigenvalue weighted by Crippen LogP contribution is -2.57. The van der Waals surface area contributed by atoms with E-state index in [0.717, 1.165) is 12.0 Å². The topological polar surface area (TPSA) is 90.4 Å². The van der Waals surface area contributed by atoms with Crippen LogP contribution in [0.4, 0.5) is 5.69 Å². The molecule has 1 N–H and O–H groups in total. The number of halogens is 1. The van der Waals surface area contributed by atoms with Gasteiger partial charge in [0.1, 0.15) is 11.6 Å². The summed E-state index contributed by atoms with van der Waals surface area (Å²) in [6.45, 7) is 6.55. The fourth-order valence-electron chi connectivity index (χ4n) is 6.33. The first-order valence-corrected chi connectivity index (χ1v) is 12.9. The van der Waals surface area contributed by atoms with E-state index >= 15 is 0 Å². The van der Waals surface area contributed by atoms with E-state index < -0.39 is 35.6 Å². The summed E-state index contributed by atoms with van der Waals surface area (Å²) in [5.74, 6) is -2.44. The van der Waals surface area contributed by atoms with E-state index in [1.54, 1.807) is 28.9 Å². The van der Waals surface area contributed by atoms with Crippen molar-refractivity contribution in [3.63, 3.8) is 0 Å². The van der Waals surface area contributed by atoms with Gasteiger partial charge in [0.05, 0.1) is 41.3 Å². The number of hydrogen-bond donors (Lipinski definition) is 1. The number of carbonyl (C=O) groups excluding carboxylic acids is 3. The normalized spacial score (nSPS) is 32.4. The van der Waals surface area contributed by atoms with Crippen molar-refractivity contribution < 1.29 is 24.2 Å². The molecule has 1 aromatic carbocycles. The van der Waals surface area contributed by atoms with Gasteiger partial charge < -0.3 is 24.5 Å². The van der Waals surface area contributed by atoms with Crippen molar-refractivity contribution in [2.75, 3.05) is 31.1 Å². The molecule has 36 heavy (non-hydrogen) atoms. The number of fused-ring (bicyclic) bond motifs is 2. The molecule has 2 saturated heterocycles. The summed E-state index contributed by atoms with van der Waals surface area (Å²) in [7, 11) is 0. The highest BCUT2D eigenvalue weighted by atomic mass is 35.5. The highest BCUT2D eigenvalue weighted by Gasteiger charge is 2.72. The van der Waals surface area contributed by atoms with Gasteiger partial charge in [-0.2, -0.15) is 0 Å². The van der Waals surface area contributed by atoms with Gasteiger partial charge in [-0.05, 0) is 31.9 Å². The van der Waals surface area contributed by atoms with E-state index in [9.17, 15) is 19.5 Å². The summed E-state index contributed by atoms with van der Waals surface area (Å²) in [6, 6.07) is 3.75. The van der Waals surface area contributed by atoms with Crippen LogP contribution in [0.1, 0.15) is 25.8 Å². The first kappa shape index (κ1) is 25.0. The van der Waals surface area contributed by atoms with Crippen molar-refractivity contribution >= 4 is 35.0 Å². The van der Waals surface area contributed by atoms with E-state index in [4.69, 9.17) is 16.3 Å². The quantitative estimate of drug-likeness (QED) is 0.610. The van der Waals surface area contributed by atoms with E-state index in [1.165, 1.54) is 4.90 Å². The van der Waals surface area contributed by atoms with Gasteiger partial charge in [0, 0.05) is 19.6 Å². The average Bonchev–Trinajstić information content (AvgIpc) is 3.18. The molecule has 8 nitrogen and oxygen atoms in total. The van der Waals surface area contributed by atoms with Crippen LogP contribution in [-0.2, 0) is 19.1 Å². The van der Waals surface area contributed by atoms with Crippen LogP contribution in [0.3, 0.4) is 0 Å². The minimum Gasteiger partial charge on any atom is -0.394 e. The second kappa shape index (κ2) is 9.32. The molecule has 4 aliphatic heterocycles. The number of anilines is 1. The molecule has 0 aromatic heterocycles. The zero-order valence-corrected chi connectivity index (χ0v) is 21.5. The van der Waals surface area contributed by atoms with Crippen LogP contribution in [0.15, 0.2) is 42.5 Å². The number of aliphatic hydroxyl groups is 1. The number of ether oxygens (including phenoxy) is 1. The molecule has 2 fully saturated rings. The van der Waals surface area contributed by atoms with Crippen molar-refractivity contribution in [1.29, 1.82) is 0 Å². The lowest BCUT2D eigenvalue weighted by atomic mass is 9.77. The van der Waals surface area contributed by atoms with Gasteiger partial charge in [-0.1, -0.05) is 55.0 Å². The number of aliphatic hydroxyl groups excluding tert-OH is 1. The predicted molar refractivity (Wildman–Crippen MR) is 135 cm³/mol. The minimum atomic E-state index is -1.33. The Kier molecular flexibility index (Phi) is 6.47. The molecule has 0 radical (unpaired) electrons. The molecule has 0 aliphatic carbocycles. The van der Waals surface area contributed by atoms with Crippen LogP contribution in [0.5, 0.6) is 0 Å². The maximum atomic E-state index is 14.3. The molecule has 0 saturated carbocycles. The standard InChI is InChI=1S/C27H32ClN3O5/c1-4-12-29-13-6-10-19-20(24(29)33)21-25(34)31(17(3)15-32)23-26(35)30(14-7-11-27(21,23)36-19)22-16(2)8-5-9-18(22)28/h5-11,17,19-21,23,32H,4,12-15H2,1-3H3/t17-,19+,20-,21+,23?,27+/m1/s1. The molecule has 1 spiro atoms. The zero-order chi connectivity index (χ0) is 25.8. The van der Waals surface area contributed by atoms with Crippen molar-refractivity contribution in [1.82, 2.24) is 9.80 Å². The lowest BCUT2D eigenvalue weighted by Gasteiger charge is -2.37. The summed E-state index contributed by atoms with van der Waals surface area (Å²) in [5.41, 5.74) is 0.0795. The van der Waals surface area contributed by atoms with Crippen LogP contribution < -0.4 is 4.90 Å². The average molecular weight is 514 g/mol. The third-order valence-electron chi connectivity index (χ3n) is 7.87. The van der Waals surface area contributed by atoms with Gasteiger partial charge in [-0.15, -0.1) is 0 Å². The number of carbonyl (C=O) groups is 3. The van der Waals surface area contributed by atoms with Crippen molar-refractivity contribution in [3.8, 4) is 0 Å².